The number of carbonyl (C=O) groups is 1. The molecule has 1 aliphatic rings. The van der Waals surface area contributed by atoms with E-state index in [4.69, 9.17) is 4.74 Å². The van der Waals surface area contributed by atoms with Crippen LogP contribution in [0.4, 0.5) is 26.7 Å². The van der Waals surface area contributed by atoms with Gasteiger partial charge in [-0.05, 0) is 37.0 Å². The molecular weight excluding hydrogens is 425 g/mol. The van der Waals surface area contributed by atoms with E-state index in [-0.39, 0.29) is 25.4 Å². The summed E-state index contributed by atoms with van der Waals surface area (Å²) in [5.74, 6) is -2.08. The monoisotopic (exact) mass is 445 g/mol. The lowest BCUT2D eigenvalue weighted by Crippen LogP contribution is -2.39. The van der Waals surface area contributed by atoms with Crippen LogP contribution in [0.1, 0.15) is 19.3 Å². The van der Waals surface area contributed by atoms with Crippen LogP contribution in [0.25, 0.3) is 11.3 Å². The number of carbonyl (C=O) groups excluding carboxylic acids is 1. The summed E-state index contributed by atoms with van der Waals surface area (Å²) in [6, 6.07) is 3.49. The first-order valence-electron chi connectivity index (χ1n) is 9.42. The molecule has 1 heterocycles. The Morgan fingerprint density at radius 2 is 2.00 bits per heavy atom. The molecule has 31 heavy (non-hydrogen) atoms. The summed E-state index contributed by atoms with van der Waals surface area (Å²) < 4.78 is 73.1. The number of aromatic nitrogens is 2. The van der Waals surface area contributed by atoms with Crippen LogP contribution in [0.3, 0.4) is 0 Å². The number of halogens is 5. The van der Waals surface area contributed by atoms with Crippen molar-refractivity contribution in [3.05, 3.63) is 54.6 Å². The summed E-state index contributed by atoms with van der Waals surface area (Å²) in [5, 5.41) is 2.46. The highest BCUT2D eigenvalue weighted by molar-refractivity contribution is 5.69. The maximum atomic E-state index is 13.3. The van der Waals surface area contributed by atoms with Crippen LogP contribution in [0.15, 0.2) is 43.0 Å². The Morgan fingerprint density at radius 3 is 2.68 bits per heavy atom. The van der Waals surface area contributed by atoms with E-state index in [1.54, 1.807) is 10.8 Å². The van der Waals surface area contributed by atoms with Gasteiger partial charge in [0.2, 0.25) is 0 Å². The van der Waals surface area contributed by atoms with Crippen LogP contribution in [-0.2, 0) is 16.0 Å². The van der Waals surface area contributed by atoms with Gasteiger partial charge >= 0.3 is 12.5 Å². The van der Waals surface area contributed by atoms with E-state index in [1.165, 1.54) is 12.4 Å². The fourth-order valence-corrected chi connectivity index (χ4v) is 3.08. The van der Waals surface area contributed by atoms with Gasteiger partial charge in [0.05, 0.1) is 24.7 Å². The van der Waals surface area contributed by atoms with Crippen molar-refractivity contribution in [3.8, 4) is 11.3 Å². The highest BCUT2D eigenvalue weighted by Crippen LogP contribution is 2.34. The number of aryl methyl sites for hydroxylation is 1. The van der Waals surface area contributed by atoms with E-state index in [0.29, 0.717) is 29.9 Å². The quantitative estimate of drug-likeness (QED) is 0.595. The predicted octanol–water partition coefficient (Wildman–Crippen LogP) is 4.77. The molecule has 0 spiro atoms. The van der Waals surface area contributed by atoms with Gasteiger partial charge in [0, 0.05) is 30.4 Å². The Bertz CT molecular complexity index is 938. The van der Waals surface area contributed by atoms with Gasteiger partial charge in [0.25, 0.3) is 0 Å². The van der Waals surface area contributed by atoms with Gasteiger partial charge in [-0.25, -0.2) is 18.6 Å². The largest absolute Gasteiger partial charge is 0.522 e. The Hall–Kier alpha value is -2.95. The number of amides is 1. The van der Waals surface area contributed by atoms with Crippen LogP contribution < -0.4 is 5.32 Å². The standard InChI is InChI=1S/C20H20F5N3O3/c1-12(27-19(29)30-10-13-6-15(7-13)31-20(23,24)25)4-5-28-9-18(26-11-28)14-2-3-16(21)17(22)8-14/h2-3,8-9,11,13,15H,1,4-7,10H2,(H,27,29)/t13-,15+. The van der Waals surface area contributed by atoms with Gasteiger partial charge in [0.15, 0.2) is 11.6 Å². The normalized spacial score (nSPS) is 18.4. The molecule has 0 radical (unpaired) electrons. The number of hydrogen-bond donors (Lipinski definition) is 1. The minimum absolute atomic E-state index is 0.00403. The first-order valence-corrected chi connectivity index (χ1v) is 9.42. The lowest BCUT2D eigenvalue weighted by atomic mass is 9.83. The molecule has 1 aliphatic carbocycles. The number of rotatable bonds is 8. The van der Waals surface area contributed by atoms with E-state index in [2.05, 4.69) is 21.6 Å². The molecule has 1 N–H and O–H groups in total. The smallest absolute Gasteiger partial charge is 0.449 e. The minimum atomic E-state index is -4.66. The van der Waals surface area contributed by atoms with Gasteiger partial charge in [-0.3, -0.25) is 10.1 Å². The molecule has 1 fully saturated rings. The van der Waals surface area contributed by atoms with Crippen molar-refractivity contribution in [2.75, 3.05) is 6.61 Å². The van der Waals surface area contributed by atoms with Crippen molar-refractivity contribution in [2.24, 2.45) is 5.92 Å². The summed E-state index contributed by atoms with van der Waals surface area (Å²) in [5.41, 5.74) is 1.27. The summed E-state index contributed by atoms with van der Waals surface area (Å²) in [6.45, 7) is 4.14. The number of alkyl carbamates (subject to hydrolysis) is 1. The van der Waals surface area contributed by atoms with Crippen molar-refractivity contribution < 1.29 is 36.2 Å². The van der Waals surface area contributed by atoms with Crippen LogP contribution in [-0.4, -0.2) is 34.7 Å². The number of benzene rings is 1. The molecule has 0 unspecified atom stereocenters. The maximum Gasteiger partial charge on any atom is 0.522 e. The van der Waals surface area contributed by atoms with Crippen molar-refractivity contribution in [3.63, 3.8) is 0 Å². The number of nitrogens with one attached hydrogen (secondary N) is 1. The van der Waals surface area contributed by atoms with E-state index in [1.807, 2.05) is 0 Å². The van der Waals surface area contributed by atoms with Gasteiger partial charge in [0.1, 0.15) is 0 Å². The molecule has 0 saturated heterocycles. The van der Waals surface area contributed by atoms with Crippen LogP contribution in [0, 0.1) is 17.6 Å². The van der Waals surface area contributed by atoms with Crippen molar-refractivity contribution in [1.29, 1.82) is 0 Å². The molecule has 1 amide bonds. The second-order valence-electron chi connectivity index (χ2n) is 7.23. The Labute approximate surface area is 174 Å². The summed E-state index contributed by atoms with van der Waals surface area (Å²) in [4.78, 5) is 15.9. The zero-order valence-corrected chi connectivity index (χ0v) is 16.3. The number of alkyl halides is 3. The summed E-state index contributed by atoms with van der Waals surface area (Å²) in [6.07, 6.45) is -2.42. The van der Waals surface area contributed by atoms with Gasteiger partial charge in [-0.1, -0.05) is 6.58 Å². The first kappa shape index (κ1) is 22.7. The number of imidazole rings is 1. The highest BCUT2D eigenvalue weighted by Gasteiger charge is 2.40. The second-order valence-corrected chi connectivity index (χ2v) is 7.23. The van der Waals surface area contributed by atoms with Crippen molar-refractivity contribution in [1.82, 2.24) is 14.9 Å². The topological polar surface area (TPSA) is 65.4 Å². The number of allylic oxidation sites excluding steroid dienone is 1. The Balaban J connectivity index is 1.35. The SMILES string of the molecule is C=C(CCn1cnc(-c2ccc(F)c(F)c2)c1)NC(=O)OC[C@H]1C[C@@H](OC(F)(F)F)C1. The van der Waals surface area contributed by atoms with Crippen molar-refractivity contribution >= 4 is 6.09 Å². The molecule has 1 aromatic carbocycles. The van der Waals surface area contributed by atoms with E-state index in [0.717, 1.165) is 12.1 Å². The molecule has 1 saturated carbocycles. The molecule has 0 atom stereocenters. The summed E-state index contributed by atoms with van der Waals surface area (Å²) >= 11 is 0. The second kappa shape index (κ2) is 9.46. The summed E-state index contributed by atoms with van der Waals surface area (Å²) in [7, 11) is 0. The number of hydrogen-bond acceptors (Lipinski definition) is 4. The molecule has 1 aromatic heterocycles. The predicted molar refractivity (Wildman–Crippen MR) is 99.5 cm³/mol. The van der Waals surface area contributed by atoms with E-state index in [9.17, 15) is 26.7 Å². The zero-order valence-electron chi connectivity index (χ0n) is 16.3. The van der Waals surface area contributed by atoms with Crippen LogP contribution in [0.5, 0.6) is 0 Å². The van der Waals surface area contributed by atoms with Crippen LogP contribution >= 0.6 is 0 Å². The Morgan fingerprint density at radius 1 is 1.26 bits per heavy atom. The number of nitrogens with zero attached hydrogens (tertiary/aromatic N) is 2. The van der Waals surface area contributed by atoms with Crippen LogP contribution in [0.2, 0.25) is 0 Å². The Kier molecular flexibility index (Phi) is 6.94. The van der Waals surface area contributed by atoms with E-state index >= 15 is 0 Å². The third-order valence-electron chi connectivity index (χ3n) is 4.74. The molecule has 0 bridgehead atoms. The highest BCUT2D eigenvalue weighted by atomic mass is 19.4. The molecule has 0 aliphatic heterocycles. The fraction of sp³-hybridized carbons (Fsp3) is 0.400. The number of ether oxygens (including phenoxy) is 2. The lowest BCUT2D eigenvalue weighted by Gasteiger charge is -2.34. The fourth-order valence-electron chi connectivity index (χ4n) is 3.08. The average Bonchev–Trinajstić information content (AvgIpc) is 3.12. The molecular formula is C20H20F5N3O3. The molecule has 2 aromatic rings. The zero-order chi connectivity index (χ0) is 22.6. The van der Waals surface area contributed by atoms with Gasteiger partial charge in [-0.15, -0.1) is 13.2 Å². The van der Waals surface area contributed by atoms with Gasteiger partial charge in [-0.2, -0.15) is 0 Å². The van der Waals surface area contributed by atoms with Gasteiger partial charge < -0.3 is 9.30 Å². The maximum absolute atomic E-state index is 13.3. The average molecular weight is 445 g/mol. The molecule has 168 valence electrons. The first-order chi connectivity index (χ1) is 14.6. The lowest BCUT2D eigenvalue weighted by molar-refractivity contribution is -0.354. The van der Waals surface area contributed by atoms with E-state index < -0.39 is 30.2 Å². The third kappa shape index (κ3) is 6.78. The molecule has 6 nitrogen and oxygen atoms in total. The van der Waals surface area contributed by atoms with Crippen molar-refractivity contribution in [2.45, 2.75) is 38.3 Å². The minimum Gasteiger partial charge on any atom is -0.449 e. The third-order valence-corrected chi connectivity index (χ3v) is 4.74. The molecule has 11 heteroatoms. The molecule has 3 rings (SSSR count).